The van der Waals surface area contributed by atoms with Crippen LogP contribution in [0, 0.1) is 19.8 Å². The number of hydrogen-bond acceptors (Lipinski definition) is 4. The van der Waals surface area contributed by atoms with Crippen molar-refractivity contribution in [3.05, 3.63) is 51.7 Å². The Morgan fingerprint density at radius 2 is 1.96 bits per heavy atom. The second-order valence-corrected chi connectivity index (χ2v) is 7.02. The van der Waals surface area contributed by atoms with Gasteiger partial charge in [-0.2, -0.15) is 4.99 Å². The van der Waals surface area contributed by atoms with E-state index in [-0.39, 0.29) is 5.56 Å². The highest BCUT2D eigenvalue weighted by molar-refractivity contribution is 5.80. The van der Waals surface area contributed by atoms with Gasteiger partial charge in [0.05, 0.1) is 0 Å². The predicted octanol–water partition coefficient (Wildman–Crippen LogP) is 1.32. The molecule has 2 aliphatic rings. The van der Waals surface area contributed by atoms with E-state index in [0.29, 0.717) is 23.7 Å². The highest BCUT2D eigenvalue weighted by atomic mass is 16.1. The Hall–Kier alpha value is -2.70. The molecule has 2 atom stereocenters. The van der Waals surface area contributed by atoms with Gasteiger partial charge in [0, 0.05) is 48.7 Å². The van der Waals surface area contributed by atoms with Crippen molar-refractivity contribution in [1.82, 2.24) is 19.4 Å². The van der Waals surface area contributed by atoms with Crippen molar-refractivity contribution in [3.8, 4) is 0 Å². The van der Waals surface area contributed by atoms with E-state index < -0.39 is 0 Å². The smallest absolute Gasteiger partial charge is 0.253 e. The molecule has 0 aromatic carbocycles. The molecule has 4 rings (SSSR count). The van der Waals surface area contributed by atoms with Gasteiger partial charge in [0.2, 0.25) is 0 Å². The lowest BCUT2D eigenvalue weighted by molar-refractivity contribution is 0.177. The van der Waals surface area contributed by atoms with Gasteiger partial charge in [-0.15, -0.1) is 0 Å². The molecule has 7 heteroatoms. The molecular weight excluding hydrogens is 316 g/mol. The van der Waals surface area contributed by atoms with Gasteiger partial charge in [-0.1, -0.05) is 6.07 Å². The maximum atomic E-state index is 12.1. The van der Waals surface area contributed by atoms with E-state index in [1.54, 1.807) is 6.07 Å². The van der Waals surface area contributed by atoms with Crippen molar-refractivity contribution in [2.45, 2.75) is 32.7 Å². The van der Waals surface area contributed by atoms with E-state index in [0.717, 1.165) is 43.1 Å². The number of nitrogens with zero attached hydrogens (tertiary/aromatic N) is 5. The zero-order valence-electron chi connectivity index (χ0n) is 14.5. The third-order valence-electron chi connectivity index (χ3n) is 4.99. The molecule has 2 bridgehead atoms. The number of fused-ring (bicyclic) bond motifs is 4. The van der Waals surface area contributed by atoms with Crippen molar-refractivity contribution in [2.24, 2.45) is 16.6 Å². The van der Waals surface area contributed by atoms with Gasteiger partial charge < -0.3 is 15.2 Å². The van der Waals surface area contributed by atoms with E-state index in [1.807, 2.05) is 36.6 Å². The molecule has 0 amide bonds. The maximum Gasteiger partial charge on any atom is 0.253 e. The first-order valence-corrected chi connectivity index (χ1v) is 8.61. The highest BCUT2D eigenvalue weighted by Crippen LogP contribution is 2.34. The minimum Gasteiger partial charge on any atom is -0.369 e. The van der Waals surface area contributed by atoms with E-state index in [1.165, 1.54) is 0 Å². The summed E-state index contributed by atoms with van der Waals surface area (Å²) in [6.07, 6.45) is 1.09. The minimum atomic E-state index is 0.0888. The zero-order chi connectivity index (χ0) is 17.6. The van der Waals surface area contributed by atoms with Gasteiger partial charge in [-0.3, -0.25) is 4.79 Å². The van der Waals surface area contributed by atoms with Crippen molar-refractivity contribution in [1.29, 1.82) is 0 Å². The molecule has 2 N–H and O–H groups in total. The lowest BCUT2D eigenvalue weighted by Crippen LogP contribution is -2.51. The Morgan fingerprint density at radius 1 is 1.20 bits per heavy atom. The maximum absolute atomic E-state index is 12.1. The molecular formula is C18H22N6O. The molecule has 7 nitrogen and oxygen atoms in total. The standard InChI is InChI=1S/C18H22N6O/c1-11-6-12(2)21-18(20-11)22-17(19)23-8-13-7-14(10-23)15-4-3-5-16(25)24(15)9-13/h3-6,13-14H,7-10H2,1-2H3,(H2,19,20,21,22). The van der Waals surface area contributed by atoms with Gasteiger partial charge >= 0.3 is 0 Å². The fraction of sp³-hybridized carbons (Fsp3) is 0.444. The third kappa shape index (κ3) is 3.01. The van der Waals surface area contributed by atoms with Crippen molar-refractivity contribution in [2.75, 3.05) is 13.1 Å². The molecule has 0 aliphatic carbocycles. The number of guanidine groups is 1. The van der Waals surface area contributed by atoms with Crippen LogP contribution in [-0.2, 0) is 6.54 Å². The summed E-state index contributed by atoms with van der Waals surface area (Å²) in [5, 5.41) is 0. The van der Waals surface area contributed by atoms with Crippen LogP contribution in [0.4, 0.5) is 5.95 Å². The Morgan fingerprint density at radius 3 is 2.72 bits per heavy atom. The number of likely N-dealkylation sites (tertiary alicyclic amines) is 1. The average Bonchev–Trinajstić information content (AvgIpc) is 2.55. The summed E-state index contributed by atoms with van der Waals surface area (Å²) < 4.78 is 1.91. The molecule has 130 valence electrons. The molecule has 0 saturated carbocycles. The van der Waals surface area contributed by atoms with Gasteiger partial charge in [0.1, 0.15) is 0 Å². The van der Waals surface area contributed by atoms with E-state index in [4.69, 9.17) is 5.73 Å². The highest BCUT2D eigenvalue weighted by Gasteiger charge is 2.35. The monoisotopic (exact) mass is 338 g/mol. The van der Waals surface area contributed by atoms with Crippen molar-refractivity contribution in [3.63, 3.8) is 0 Å². The SMILES string of the molecule is Cc1cc(C)nc(N=C(N)N2CC3CC(C2)c2cccc(=O)n2C3)n1. The topological polar surface area (TPSA) is 89.4 Å². The minimum absolute atomic E-state index is 0.0888. The Balaban J connectivity index is 1.61. The second-order valence-electron chi connectivity index (χ2n) is 7.02. The van der Waals surface area contributed by atoms with Crippen LogP contribution < -0.4 is 11.3 Å². The lowest BCUT2D eigenvalue weighted by Gasteiger charge is -2.43. The number of pyridine rings is 1. The molecule has 2 aliphatic heterocycles. The summed E-state index contributed by atoms with van der Waals surface area (Å²) in [6, 6.07) is 7.44. The number of rotatable bonds is 1. The molecule has 25 heavy (non-hydrogen) atoms. The first-order chi connectivity index (χ1) is 12.0. The van der Waals surface area contributed by atoms with Crippen LogP contribution in [0.3, 0.4) is 0 Å². The summed E-state index contributed by atoms with van der Waals surface area (Å²) in [5.41, 5.74) is 9.21. The molecule has 2 unspecified atom stereocenters. The summed E-state index contributed by atoms with van der Waals surface area (Å²) in [4.78, 5) is 27.3. The Kier molecular flexibility index (Phi) is 3.78. The van der Waals surface area contributed by atoms with Crippen LogP contribution in [0.1, 0.15) is 29.4 Å². The predicted molar refractivity (Wildman–Crippen MR) is 95.9 cm³/mol. The normalized spacial score (nSPS) is 22.6. The average molecular weight is 338 g/mol. The molecule has 0 spiro atoms. The van der Waals surface area contributed by atoms with E-state index >= 15 is 0 Å². The van der Waals surface area contributed by atoms with Gasteiger partial charge in [0.25, 0.3) is 11.5 Å². The van der Waals surface area contributed by atoms with Crippen LogP contribution in [0.2, 0.25) is 0 Å². The van der Waals surface area contributed by atoms with Crippen LogP contribution in [-0.4, -0.2) is 38.5 Å². The third-order valence-corrected chi connectivity index (χ3v) is 4.99. The van der Waals surface area contributed by atoms with Crippen molar-refractivity contribution < 1.29 is 0 Å². The van der Waals surface area contributed by atoms with Crippen LogP contribution in [0.15, 0.2) is 34.1 Å². The molecule has 4 heterocycles. The van der Waals surface area contributed by atoms with Crippen LogP contribution in [0.5, 0.6) is 0 Å². The van der Waals surface area contributed by atoms with Gasteiger partial charge in [-0.05, 0) is 38.3 Å². The largest absolute Gasteiger partial charge is 0.369 e. The fourth-order valence-electron chi connectivity index (χ4n) is 4.01. The number of aryl methyl sites for hydroxylation is 2. The first kappa shape index (κ1) is 15.8. The van der Waals surface area contributed by atoms with Crippen LogP contribution >= 0.6 is 0 Å². The quantitative estimate of drug-likeness (QED) is 0.626. The summed E-state index contributed by atoms with van der Waals surface area (Å²) in [5.74, 6) is 1.56. The number of aromatic nitrogens is 3. The molecule has 1 fully saturated rings. The summed E-state index contributed by atoms with van der Waals surface area (Å²) in [7, 11) is 0. The number of piperidine rings is 1. The molecule has 1 saturated heterocycles. The lowest BCUT2D eigenvalue weighted by atomic mass is 9.83. The number of hydrogen-bond donors (Lipinski definition) is 1. The number of nitrogens with two attached hydrogens (primary N) is 1. The van der Waals surface area contributed by atoms with Crippen molar-refractivity contribution >= 4 is 11.9 Å². The summed E-state index contributed by atoms with van der Waals surface area (Å²) in [6.45, 7) is 6.15. The molecule has 2 aromatic rings. The van der Waals surface area contributed by atoms with E-state index in [9.17, 15) is 4.79 Å². The van der Waals surface area contributed by atoms with E-state index in [2.05, 4.69) is 19.9 Å². The van der Waals surface area contributed by atoms with Gasteiger partial charge in [0.15, 0.2) is 5.96 Å². The first-order valence-electron chi connectivity index (χ1n) is 8.61. The Labute approximate surface area is 146 Å². The Bertz CT molecular complexity index is 882. The summed E-state index contributed by atoms with van der Waals surface area (Å²) >= 11 is 0. The molecule has 0 radical (unpaired) electrons. The number of aliphatic imine (C=N–C) groups is 1. The molecule has 2 aromatic heterocycles. The zero-order valence-corrected chi connectivity index (χ0v) is 14.5. The van der Waals surface area contributed by atoms with Crippen LogP contribution in [0.25, 0.3) is 0 Å². The fourth-order valence-corrected chi connectivity index (χ4v) is 4.01. The second kappa shape index (κ2) is 5.98. The van der Waals surface area contributed by atoms with Gasteiger partial charge in [-0.25, -0.2) is 9.97 Å².